The molecule has 2 aromatic rings. The van der Waals surface area contributed by atoms with Crippen molar-refractivity contribution in [2.24, 2.45) is 0 Å². The molecule has 0 fully saturated rings. The molecule has 0 aliphatic rings. The summed E-state index contributed by atoms with van der Waals surface area (Å²) in [7, 11) is 0. The summed E-state index contributed by atoms with van der Waals surface area (Å²) in [5, 5.41) is 10.5. The molecule has 0 aliphatic heterocycles. The van der Waals surface area contributed by atoms with Crippen molar-refractivity contribution in [1.29, 1.82) is 0 Å². The van der Waals surface area contributed by atoms with Crippen LogP contribution >= 0.6 is 0 Å². The molecule has 20 heavy (non-hydrogen) atoms. The number of non-ortho nitro benzene ring substituents is 1. The lowest BCUT2D eigenvalue weighted by molar-refractivity contribution is -0.384. The number of rotatable bonds is 2. The van der Waals surface area contributed by atoms with E-state index in [4.69, 9.17) is 0 Å². The highest BCUT2D eigenvalue weighted by Gasteiger charge is 2.02. The Labute approximate surface area is 112 Å². The maximum atomic E-state index is 11.4. The van der Waals surface area contributed by atoms with Crippen LogP contribution < -0.4 is 11.2 Å². The summed E-state index contributed by atoms with van der Waals surface area (Å²) in [6, 6.07) is 7.00. The highest BCUT2D eigenvalue weighted by atomic mass is 16.6. The van der Waals surface area contributed by atoms with Crippen LogP contribution in [0.5, 0.6) is 0 Å². The second-order valence-electron chi connectivity index (χ2n) is 3.84. The van der Waals surface area contributed by atoms with Crippen LogP contribution in [0.1, 0.15) is 5.56 Å². The van der Waals surface area contributed by atoms with E-state index in [1.807, 2.05) is 0 Å². The van der Waals surface area contributed by atoms with Gasteiger partial charge in [-0.1, -0.05) is 11.8 Å². The Hall–Kier alpha value is -3.14. The van der Waals surface area contributed by atoms with Crippen molar-refractivity contribution in [2.75, 3.05) is 0 Å². The number of nitro benzene ring substituents is 1. The normalized spacial score (nSPS) is 9.60. The summed E-state index contributed by atoms with van der Waals surface area (Å²) in [6.45, 7) is 0.118. The molecule has 7 nitrogen and oxygen atoms in total. The van der Waals surface area contributed by atoms with Gasteiger partial charge in [0.1, 0.15) is 0 Å². The number of aromatic nitrogens is 2. The summed E-state index contributed by atoms with van der Waals surface area (Å²) in [6.07, 6.45) is 1.35. The maximum Gasteiger partial charge on any atom is 0.329 e. The zero-order chi connectivity index (χ0) is 14.5. The predicted octanol–water partition coefficient (Wildman–Crippen LogP) is 0.496. The van der Waals surface area contributed by atoms with Gasteiger partial charge < -0.3 is 0 Å². The molecular weight excluding hydrogens is 262 g/mol. The largest absolute Gasteiger partial charge is 0.329 e. The van der Waals surface area contributed by atoms with Crippen LogP contribution in [0.2, 0.25) is 0 Å². The molecule has 0 saturated carbocycles. The molecule has 0 amide bonds. The lowest BCUT2D eigenvalue weighted by atomic mass is 10.2. The molecule has 0 aliphatic carbocycles. The molecule has 100 valence electrons. The molecule has 1 heterocycles. The van der Waals surface area contributed by atoms with Crippen molar-refractivity contribution >= 4 is 5.69 Å². The van der Waals surface area contributed by atoms with Gasteiger partial charge in [-0.05, 0) is 12.1 Å². The molecule has 2 rings (SSSR count). The van der Waals surface area contributed by atoms with Crippen LogP contribution in [0.25, 0.3) is 0 Å². The maximum absolute atomic E-state index is 11.4. The molecule has 0 atom stereocenters. The minimum atomic E-state index is -0.532. The Balaban J connectivity index is 2.13. The first-order chi connectivity index (χ1) is 9.56. The first-order valence-corrected chi connectivity index (χ1v) is 5.59. The van der Waals surface area contributed by atoms with E-state index in [9.17, 15) is 19.7 Å². The second kappa shape index (κ2) is 5.67. The van der Waals surface area contributed by atoms with Gasteiger partial charge in [0.05, 0.1) is 11.5 Å². The average Bonchev–Trinajstić information content (AvgIpc) is 2.42. The van der Waals surface area contributed by atoms with E-state index >= 15 is 0 Å². The van der Waals surface area contributed by atoms with Gasteiger partial charge in [-0.25, -0.2) is 4.79 Å². The van der Waals surface area contributed by atoms with Crippen molar-refractivity contribution in [3.05, 3.63) is 73.0 Å². The first kappa shape index (κ1) is 13.3. The van der Waals surface area contributed by atoms with Crippen LogP contribution in [-0.4, -0.2) is 14.5 Å². The van der Waals surface area contributed by atoms with Crippen molar-refractivity contribution in [3.63, 3.8) is 0 Å². The van der Waals surface area contributed by atoms with Gasteiger partial charge in [-0.15, -0.1) is 0 Å². The highest BCUT2D eigenvalue weighted by Crippen LogP contribution is 2.10. The lowest BCUT2D eigenvalue weighted by Crippen LogP contribution is -2.28. The van der Waals surface area contributed by atoms with Crippen LogP contribution in [0.3, 0.4) is 0 Å². The highest BCUT2D eigenvalue weighted by molar-refractivity contribution is 5.40. The third-order valence-corrected chi connectivity index (χ3v) is 2.46. The molecule has 0 saturated heterocycles. The van der Waals surface area contributed by atoms with Crippen molar-refractivity contribution in [3.8, 4) is 11.8 Å². The third-order valence-electron chi connectivity index (χ3n) is 2.46. The Bertz CT molecular complexity index is 806. The number of nitrogens with zero attached hydrogens (tertiary/aromatic N) is 2. The monoisotopic (exact) mass is 271 g/mol. The molecule has 0 unspecified atom stereocenters. The summed E-state index contributed by atoms with van der Waals surface area (Å²) in [5.41, 5.74) is -0.398. The molecule has 0 spiro atoms. The molecule has 1 aromatic carbocycles. The van der Waals surface area contributed by atoms with E-state index in [0.29, 0.717) is 5.56 Å². The molecule has 0 radical (unpaired) electrons. The minimum Gasteiger partial charge on any atom is -0.289 e. The number of hydrogen-bond donors (Lipinski definition) is 1. The quantitative estimate of drug-likeness (QED) is 0.488. The van der Waals surface area contributed by atoms with Crippen LogP contribution in [-0.2, 0) is 6.54 Å². The summed E-state index contributed by atoms with van der Waals surface area (Å²) < 4.78 is 1.25. The number of H-pyrrole nitrogens is 1. The van der Waals surface area contributed by atoms with E-state index in [1.165, 1.54) is 41.1 Å². The van der Waals surface area contributed by atoms with Crippen molar-refractivity contribution < 1.29 is 4.92 Å². The van der Waals surface area contributed by atoms with Gasteiger partial charge in [-0.3, -0.25) is 24.5 Å². The SMILES string of the molecule is O=c1ccn(CC#Cc2ccc([N+](=O)[O-])cc2)c(=O)[nH]1. The van der Waals surface area contributed by atoms with Gasteiger partial charge in [0, 0.05) is 30.0 Å². The summed E-state index contributed by atoms with van der Waals surface area (Å²) in [5.74, 6) is 5.52. The number of aromatic amines is 1. The van der Waals surface area contributed by atoms with Crippen LogP contribution in [0, 0.1) is 22.0 Å². The van der Waals surface area contributed by atoms with E-state index in [-0.39, 0.29) is 12.2 Å². The number of nitro groups is 1. The molecular formula is C13H9N3O4. The number of benzene rings is 1. The Kier molecular flexibility index (Phi) is 3.77. The zero-order valence-electron chi connectivity index (χ0n) is 10.2. The predicted molar refractivity (Wildman–Crippen MR) is 71.3 cm³/mol. The van der Waals surface area contributed by atoms with Crippen LogP contribution in [0.4, 0.5) is 5.69 Å². The van der Waals surface area contributed by atoms with Gasteiger partial charge in [-0.2, -0.15) is 0 Å². The van der Waals surface area contributed by atoms with Gasteiger partial charge in [0.25, 0.3) is 11.2 Å². The lowest BCUT2D eigenvalue weighted by Gasteiger charge is -1.96. The van der Waals surface area contributed by atoms with E-state index < -0.39 is 16.2 Å². The molecule has 1 aromatic heterocycles. The fourth-order valence-electron chi connectivity index (χ4n) is 1.46. The van der Waals surface area contributed by atoms with Crippen molar-refractivity contribution in [2.45, 2.75) is 6.54 Å². The van der Waals surface area contributed by atoms with E-state index in [0.717, 1.165) is 0 Å². The fourth-order valence-corrected chi connectivity index (χ4v) is 1.46. The molecule has 0 bridgehead atoms. The number of nitrogens with one attached hydrogen (secondary N) is 1. The first-order valence-electron chi connectivity index (χ1n) is 5.59. The third kappa shape index (κ3) is 3.20. The minimum absolute atomic E-state index is 0.00703. The standard InChI is InChI=1S/C13H9N3O4/c17-12-7-9-15(13(18)14-12)8-1-2-10-3-5-11(6-4-10)16(19)20/h3-7,9H,8H2,(H,14,17,18). The summed E-state index contributed by atoms with van der Waals surface area (Å²) in [4.78, 5) is 34.3. The molecule has 1 N–H and O–H groups in total. The Morgan fingerprint density at radius 3 is 2.50 bits per heavy atom. The number of hydrogen-bond acceptors (Lipinski definition) is 4. The smallest absolute Gasteiger partial charge is 0.289 e. The average molecular weight is 271 g/mol. The second-order valence-corrected chi connectivity index (χ2v) is 3.84. The topological polar surface area (TPSA) is 98.0 Å². The van der Waals surface area contributed by atoms with Crippen molar-refractivity contribution in [1.82, 2.24) is 9.55 Å². The Morgan fingerprint density at radius 2 is 1.90 bits per heavy atom. The van der Waals surface area contributed by atoms with E-state index in [2.05, 4.69) is 16.8 Å². The van der Waals surface area contributed by atoms with Gasteiger partial charge >= 0.3 is 5.69 Å². The van der Waals surface area contributed by atoms with E-state index in [1.54, 1.807) is 0 Å². The van der Waals surface area contributed by atoms with Gasteiger partial charge in [0.2, 0.25) is 0 Å². The molecule has 7 heteroatoms. The summed E-state index contributed by atoms with van der Waals surface area (Å²) >= 11 is 0. The van der Waals surface area contributed by atoms with Crippen LogP contribution in [0.15, 0.2) is 46.1 Å². The fraction of sp³-hybridized carbons (Fsp3) is 0.0769. The zero-order valence-corrected chi connectivity index (χ0v) is 10.2. The Morgan fingerprint density at radius 1 is 1.20 bits per heavy atom. The van der Waals surface area contributed by atoms with Gasteiger partial charge in [0.15, 0.2) is 0 Å².